The molecule has 1 atom stereocenters. The van der Waals surface area contributed by atoms with Gasteiger partial charge in [0.15, 0.2) is 9.84 Å². The normalized spacial score (nSPS) is 11.7. The van der Waals surface area contributed by atoms with E-state index in [-0.39, 0.29) is 6.15 Å². The summed E-state index contributed by atoms with van der Waals surface area (Å²) >= 11 is 0. The van der Waals surface area contributed by atoms with E-state index in [2.05, 4.69) is 12.1 Å². The zero-order valence-electron chi connectivity index (χ0n) is 17.4. The second-order valence-electron chi connectivity index (χ2n) is 7.25. The summed E-state index contributed by atoms with van der Waals surface area (Å²) in [7, 11) is -3.20. The molecular formula is C25H26O5S. The highest BCUT2D eigenvalue weighted by atomic mass is 32.2. The summed E-state index contributed by atoms with van der Waals surface area (Å²) in [5, 5.41) is 10.2. The third-order valence-electron chi connectivity index (χ3n) is 4.93. The first-order valence-electron chi connectivity index (χ1n) is 9.97. The summed E-state index contributed by atoms with van der Waals surface area (Å²) in [5.74, 6) is 0. The molecule has 0 radical (unpaired) electrons. The molecule has 0 amide bonds. The molecule has 0 spiro atoms. The standard InChI is InChI=1S/C24H26O3S.CO2/c1-28(26,27)23-12-7-11-22(18-23)20-16-14-19(15-17-20)8-5-6-13-24(25)21-9-3-2-4-10-21;2-1-3/h2-4,7,9-12,14-18,24-25H,5-6,8,13H2,1H3;. The topological polar surface area (TPSA) is 88.5 Å². The van der Waals surface area contributed by atoms with Gasteiger partial charge in [-0.3, -0.25) is 0 Å². The average Bonchev–Trinajstić information content (AvgIpc) is 2.78. The van der Waals surface area contributed by atoms with Crippen molar-refractivity contribution in [1.82, 2.24) is 0 Å². The van der Waals surface area contributed by atoms with E-state index in [0.29, 0.717) is 4.90 Å². The Morgan fingerprint density at radius 1 is 0.839 bits per heavy atom. The van der Waals surface area contributed by atoms with Crippen LogP contribution in [0.5, 0.6) is 0 Å². The van der Waals surface area contributed by atoms with Crippen molar-refractivity contribution in [2.45, 2.75) is 36.7 Å². The molecule has 3 aromatic rings. The van der Waals surface area contributed by atoms with Crippen molar-refractivity contribution in [3.05, 3.63) is 90.0 Å². The maximum absolute atomic E-state index is 11.7. The molecule has 0 bridgehead atoms. The Morgan fingerprint density at radius 3 is 2.10 bits per heavy atom. The number of benzene rings is 3. The van der Waals surface area contributed by atoms with Crippen molar-refractivity contribution in [2.24, 2.45) is 0 Å². The van der Waals surface area contributed by atoms with Gasteiger partial charge >= 0.3 is 6.15 Å². The van der Waals surface area contributed by atoms with Crippen LogP contribution < -0.4 is 0 Å². The van der Waals surface area contributed by atoms with Crippen LogP contribution in [0.25, 0.3) is 11.1 Å². The average molecular weight is 439 g/mol. The van der Waals surface area contributed by atoms with E-state index in [9.17, 15) is 13.5 Å². The molecule has 3 aromatic carbocycles. The van der Waals surface area contributed by atoms with Gasteiger partial charge in [0.05, 0.1) is 11.0 Å². The summed E-state index contributed by atoms with van der Waals surface area (Å²) in [6, 6.07) is 25.1. The highest BCUT2D eigenvalue weighted by molar-refractivity contribution is 7.90. The van der Waals surface area contributed by atoms with Gasteiger partial charge in [-0.15, -0.1) is 0 Å². The van der Waals surface area contributed by atoms with Gasteiger partial charge in [0.25, 0.3) is 0 Å². The molecule has 3 rings (SSSR count). The molecule has 0 saturated heterocycles. The lowest BCUT2D eigenvalue weighted by atomic mass is 9.99. The number of sulfone groups is 1. The van der Waals surface area contributed by atoms with E-state index in [0.717, 1.165) is 42.4 Å². The van der Waals surface area contributed by atoms with E-state index < -0.39 is 15.9 Å². The van der Waals surface area contributed by atoms with Gasteiger partial charge in [-0.1, -0.05) is 73.2 Å². The van der Waals surface area contributed by atoms with Gasteiger partial charge in [0, 0.05) is 6.26 Å². The highest BCUT2D eigenvalue weighted by Gasteiger charge is 2.09. The minimum absolute atomic E-state index is 0.250. The predicted molar refractivity (Wildman–Crippen MR) is 119 cm³/mol. The minimum atomic E-state index is -3.20. The van der Waals surface area contributed by atoms with Crippen LogP contribution in [0.15, 0.2) is 83.8 Å². The summed E-state index contributed by atoms with van der Waals surface area (Å²) in [6.45, 7) is 0. The van der Waals surface area contributed by atoms with Gasteiger partial charge in [-0.2, -0.15) is 9.59 Å². The van der Waals surface area contributed by atoms with Gasteiger partial charge in [-0.25, -0.2) is 8.42 Å². The third-order valence-corrected chi connectivity index (χ3v) is 6.04. The van der Waals surface area contributed by atoms with Gasteiger partial charge in [0.2, 0.25) is 0 Å². The largest absolute Gasteiger partial charge is 0.388 e. The molecule has 0 aliphatic rings. The number of hydrogen-bond donors (Lipinski definition) is 1. The first-order valence-corrected chi connectivity index (χ1v) is 11.9. The summed E-state index contributed by atoms with van der Waals surface area (Å²) < 4.78 is 23.5. The predicted octanol–water partition coefficient (Wildman–Crippen LogP) is 4.62. The summed E-state index contributed by atoms with van der Waals surface area (Å²) in [5.41, 5.74) is 4.13. The van der Waals surface area contributed by atoms with Crippen molar-refractivity contribution >= 4 is 16.0 Å². The fourth-order valence-corrected chi connectivity index (χ4v) is 3.95. The maximum Gasteiger partial charge on any atom is 0.373 e. The second-order valence-corrected chi connectivity index (χ2v) is 9.27. The van der Waals surface area contributed by atoms with E-state index in [1.165, 1.54) is 11.8 Å². The highest BCUT2D eigenvalue weighted by Crippen LogP contribution is 2.24. The lowest BCUT2D eigenvalue weighted by Crippen LogP contribution is -1.97. The summed E-state index contributed by atoms with van der Waals surface area (Å²) in [6.07, 6.45) is 4.79. The number of aliphatic hydroxyl groups is 1. The van der Waals surface area contributed by atoms with E-state index in [4.69, 9.17) is 9.59 Å². The molecular weight excluding hydrogens is 412 g/mol. The van der Waals surface area contributed by atoms with Crippen molar-refractivity contribution < 1.29 is 23.1 Å². The van der Waals surface area contributed by atoms with Crippen molar-refractivity contribution in [3.8, 4) is 11.1 Å². The fraction of sp³-hybridized carbons (Fsp3) is 0.240. The molecule has 0 aliphatic heterocycles. The van der Waals surface area contributed by atoms with Crippen LogP contribution >= 0.6 is 0 Å². The van der Waals surface area contributed by atoms with Crippen LogP contribution in [0.3, 0.4) is 0 Å². The second kappa shape index (κ2) is 12.0. The molecule has 162 valence electrons. The van der Waals surface area contributed by atoms with Crippen LogP contribution in [-0.4, -0.2) is 25.9 Å². The lowest BCUT2D eigenvalue weighted by molar-refractivity contribution is -0.191. The van der Waals surface area contributed by atoms with E-state index in [1.54, 1.807) is 18.2 Å². The fourth-order valence-electron chi connectivity index (χ4n) is 3.28. The van der Waals surface area contributed by atoms with Crippen LogP contribution in [0.1, 0.15) is 36.5 Å². The van der Waals surface area contributed by atoms with Gasteiger partial charge < -0.3 is 5.11 Å². The zero-order valence-corrected chi connectivity index (χ0v) is 18.2. The SMILES string of the molecule is CS(=O)(=O)c1cccc(-c2ccc(CCCCC(O)c3ccccc3)cc2)c1.O=C=O. The molecule has 0 aromatic heterocycles. The molecule has 6 heteroatoms. The molecule has 0 aliphatic carbocycles. The Kier molecular flexibility index (Phi) is 9.35. The quantitative estimate of drug-likeness (QED) is 0.519. The van der Waals surface area contributed by atoms with Crippen molar-refractivity contribution in [2.75, 3.05) is 6.26 Å². The number of aliphatic hydroxyl groups excluding tert-OH is 1. The van der Waals surface area contributed by atoms with E-state index in [1.807, 2.05) is 48.5 Å². The lowest BCUT2D eigenvalue weighted by Gasteiger charge is -2.11. The van der Waals surface area contributed by atoms with Crippen LogP contribution in [0.4, 0.5) is 0 Å². The van der Waals surface area contributed by atoms with Gasteiger partial charge in [-0.05, 0) is 53.6 Å². The van der Waals surface area contributed by atoms with Crippen molar-refractivity contribution in [3.63, 3.8) is 0 Å². The Balaban J connectivity index is 0.00000107. The first kappa shape index (κ1) is 24.2. The Hall–Kier alpha value is -3.05. The molecule has 0 fully saturated rings. The molecule has 31 heavy (non-hydrogen) atoms. The van der Waals surface area contributed by atoms with E-state index >= 15 is 0 Å². The maximum atomic E-state index is 11.7. The van der Waals surface area contributed by atoms with Crippen LogP contribution in [0.2, 0.25) is 0 Å². The molecule has 0 saturated carbocycles. The number of aryl methyl sites for hydroxylation is 1. The third kappa shape index (κ3) is 7.95. The Labute approximate surface area is 183 Å². The monoisotopic (exact) mass is 438 g/mol. The smallest absolute Gasteiger partial charge is 0.373 e. The number of unbranched alkanes of at least 4 members (excludes halogenated alkanes) is 1. The van der Waals surface area contributed by atoms with Gasteiger partial charge in [0.1, 0.15) is 0 Å². The number of hydrogen-bond acceptors (Lipinski definition) is 5. The number of rotatable bonds is 8. The minimum Gasteiger partial charge on any atom is -0.388 e. The van der Waals surface area contributed by atoms with Crippen molar-refractivity contribution in [1.29, 1.82) is 0 Å². The van der Waals surface area contributed by atoms with Crippen LogP contribution in [-0.2, 0) is 25.8 Å². The zero-order chi connectivity index (χ0) is 22.7. The molecule has 1 unspecified atom stereocenters. The van der Waals surface area contributed by atoms with Crippen LogP contribution in [0, 0.1) is 0 Å². The molecule has 1 N–H and O–H groups in total. The Bertz CT molecular complexity index is 1080. The number of carbonyl (C=O) groups excluding carboxylic acids is 2. The molecule has 0 heterocycles. The first-order chi connectivity index (χ1) is 14.8. The Morgan fingerprint density at radius 2 is 1.48 bits per heavy atom. The summed E-state index contributed by atoms with van der Waals surface area (Å²) in [4.78, 5) is 16.6. The molecule has 5 nitrogen and oxygen atoms in total.